The number of piperazine rings is 1. The molecular formula is C21H28N2S. The van der Waals surface area contributed by atoms with E-state index in [1.54, 1.807) is 11.8 Å². The fourth-order valence-electron chi connectivity index (χ4n) is 3.36. The maximum atomic E-state index is 2.59. The molecule has 0 spiro atoms. The molecule has 0 aromatic heterocycles. The summed E-state index contributed by atoms with van der Waals surface area (Å²) in [5.41, 5.74) is 5.68. The highest BCUT2D eigenvalue weighted by atomic mass is 32.2. The van der Waals surface area contributed by atoms with Crippen molar-refractivity contribution in [2.24, 2.45) is 0 Å². The summed E-state index contributed by atoms with van der Waals surface area (Å²) < 4.78 is 0. The maximum absolute atomic E-state index is 2.59. The van der Waals surface area contributed by atoms with Crippen LogP contribution in [0.15, 0.2) is 47.4 Å². The molecule has 0 aliphatic carbocycles. The van der Waals surface area contributed by atoms with E-state index in [0.29, 0.717) is 0 Å². The van der Waals surface area contributed by atoms with Crippen molar-refractivity contribution < 1.29 is 0 Å². The van der Waals surface area contributed by atoms with E-state index in [2.05, 4.69) is 72.4 Å². The van der Waals surface area contributed by atoms with E-state index in [1.807, 2.05) is 0 Å². The molecule has 1 aliphatic rings. The highest BCUT2D eigenvalue weighted by Gasteiger charge is 2.17. The van der Waals surface area contributed by atoms with Crippen LogP contribution in [0.5, 0.6) is 0 Å². The van der Waals surface area contributed by atoms with Gasteiger partial charge in [-0.25, -0.2) is 0 Å². The first-order valence-corrected chi connectivity index (χ1v) is 10.0. The van der Waals surface area contributed by atoms with E-state index in [0.717, 1.165) is 39.3 Å². The lowest BCUT2D eigenvalue weighted by molar-refractivity contribution is 0.122. The topological polar surface area (TPSA) is 6.48 Å². The molecule has 2 aromatic rings. The summed E-state index contributed by atoms with van der Waals surface area (Å²) >= 11 is 1.81. The molecule has 1 saturated heterocycles. The van der Waals surface area contributed by atoms with Gasteiger partial charge in [-0.15, -0.1) is 11.8 Å². The zero-order chi connectivity index (χ0) is 16.9. The summed E-state index contributed by atoms with van der Waals surface area (Å²) in [6, 6.07) is 15.8. The molecule has 0 saturated carbocycles. The molecule has 128 valence electrons. The molecule has 1 fully saturated rings. The normalized spacial score (nSPS) is 16.5. The minimum absolute atomic E-state index is 1.08. The van der Waals surface area contributed by atoms with Gasteiger partial charge in [-0.1, -0.05) is 35.9 Å². The lowest BCUT2D eigenvalue weighted by Gasteiger charge is -2.35. The van der Waals surface area contributed by atoms with E-state index < -0.39 is 0 Å². The molecule has 0 atom stereocenters. The standard InChI is InChI=1S/C21H28N2S/c1-17-4-7-20(18(2)14-17)16-23-12-10-22(11-13-23)15-19-5-8-21(24-3)9-6-19/h4-9,14H,10-13,15-16H2,1-3H3. The van der Waals surface area contributed by atoms with Crippen LogP contribution in [-0.4, -0.2) is 42.2 Å². The van der Waals surface area contributed by atoms with Crippen LogP contribution in [0, 0.1) is 13.8 Å². The molecule has 2 aromatic carbocycles. The van der Waals surface area contributed by atoms with Crippen molar-refractivity contribution >= 4 is 11.8 Å². The smallest absolute Gasteiger partial charge is 0.0237 e. The number of hydrogen-bond donors (Lipinski definition) is 0. The summed E-state index contributed by atoms with van der Waals surface area (Å²) in [6.07, 6.45) is 2.13. The summed E-state index contributed by atoms with van der Waals surface area (Å²) in [5, 5.41) is 0. The third-order valence-corrected chi connectivity index (χ3v) is 5.67. The van der Waals surface area contributed by atoms with E-state index in [1.165, 1.54) is 27.1 Å². The van der Waals surface area contributed by atoms with E-state index >= 15 is 0 Å². The van der Waals surface area contributed by atoms with Crippen molar-refractivity contribution in [3.8, 4) is 0 Å². The summed E-state index contributed by atoms with van der Waals surface area (Å²) in [5.74, 6) is 0. The van der Waals surface area contributed by atoms with Crippen LogP contribution in [0.3, 0.4) is 0 Å². The van der Waals surface area contributed by atoms with Gasteiger partial charge in [-0.2, -0.15) is 0 Å². The molecular weight excluding hydrogens is 312 g/mol. The molecule has 0 amide bonds. The predicted molar refractivity (Wildman–Crippen MR) is 105 cm³/mol. The van der Waals surface area contributed by atoms with Crippen molar-refractivity contribution in [2.45, 2.75) is 31.8 Å². The number of nitrogens with zero attached hydrogens (tertiary/aromatic N) is 2. The number of benzene rings is 2. The van der Waals surface area contributed by atoms with Crippen molar-refractivity contribution in [3.63, 3.8) is 0 Å². The van der Waals surface area contributed by atoms with Crippen LogP contribution >= 0.6 is 11.8 Å². The minimum atomic E-state index is 1.08. The Morgan fingerprint density at radius 1 is 0.833 bits per heavy atom. The van der Waals surface area contributed by atoms with Crippen LogP contribution in [0.2, 0.25) is 0 Å². The van der Waals surface area contributed by atoms with Gasteiger partial charge in [0.1, 0.15) is 0 Å². The Morgan fingerprint density at radius 3 is 2.04 bits per heavy atom. The predicted octanol–water partition coefficient (Wildman–Crippen LogP) is 4.34. The quantitative estimate of drug-likeness (QED) is 0.748. The summed E-state index contributed by atoms with van der Waals surface area (Å²) in [7, 11) is 0. The van der Waals surface area contributed by atoms with Crippen molar-refractivity contribution in [1.29, 1.82) is 0 Å². The Kier molecular flexibility index (Phi) is 5.99. The van der Waals surface area contributed by atoms with Crippen molar-refractivity contribution in [1.82, 2.24) is 9.80 Å². The average molecular weight is 341 g/mol. The maximum Gasteiger partial charge on any atom is 0.0237 e. The monoisotopic (exact) mass is 340 g/mol. The van der Waals surface area contributed by atoms with Gasteiger partial charge in [0.25, 0.3) is 0 Å². The molecule has 1 heterocycles. The number of hydrogen-bond acceptors (Lipinski definition) is 3. The second kappa shape index (κ2) is 8.19. The Labute approximate surface area is 150 Å². The van der Waals surface area contributed by atoms with Gasteiger partial charge in [-0.3, -0.25) is 9.80 Å². The van der Waals surface area contributed by atoms with E-state index in [-0.39, 0.29) is 0 Å². The van der Waals surface area contributed by atoms with Gasteiger partial charge in [0.05, 0.1) is 0 Å². The number of thioether (sulfide) groups is 1. The molecule has 0 unspecified atom stereocenters. The molecule has 0 bridgehead atoms. The molecule has 0 radical (unpaired) electrons. The van der Waals surface area contributed by atoms with E-state index in [9.17, 15) is 0 Å². The lowest BCUT2D eigenvalue weighted by Crippen LogP contribution is -2.45. The molecule has 3 rings (SSSR count). The molecule has 1 aliphatic heterocycles. The van der Waals surface area contributed by atoms with Crippen LogP contribution in [0.4, 0.5) is 0 Å². The average Bonchev–Trinajstić information content (AvgIpc) is 2.60. The van der Waals surface area contributed by atoms with Gasteiger partial charge in [0.15, 0.2) is 0 Å². The van der Waals surface area contributed by atoms with Gasteiger partial charge < -0.3 is 0 Å². The largest absolute Gasteiger partial charge is 0.297 e. The van der Waals surface area contributed by atoms with Crippen LogP contribution < -0.4 is 0 Å². The van der Waals surface area contributed by atoms with Gasteiger partial charge in [0.2, 0.25) is 0 Å². The van der Waals surface area contributed by atoms with Crippen LogP contribution in [-0.2, 0) is 13.1 Å². The first kappa shape index (κ1) is 17.5. The Morgan fingerprint density at radius 2 is 1.46 bits per heavy atom. The minimum Gasteiger partial charge on any atom is -0.297 e. The SMILES string of the molecule is CSc1ccc(CN2CCN(Cc3ccc(C)cc3C)CC2)cc1. The first-order chi connectivity index (χ1) is 11.6. The lowest BCUT2D eigenvalue weighted by atomic mass is 10.1. The van der Waals surface area contributed by atoms with Crippen LogP contribution in [0.25, 0.3) is 0 Å². The van der Waals surface area contributed by atoms with Crippen LogP contribution in [0.1, 0.15) is 22.3 Å². The highest BCUT2D eigenvalue weighted by Crippen LogP contribution is 2.18. The fourth-order valence-corrected chi connectivity index (χ4v) is 3.77. The van der Waals surface area contributed by atoms with E-state index in [4.69, 9.17) is 0 Å². The summed E-state index contributed by atoms with van der Waals surface area (Å²) in [6.45, 7) is 11.2. The molecule has 3 heteroatoms. The van der Waals surface area contributed by atoms with Gasteiger partial charge in [0, 0.05) is 44.2 Å². The molecule has 0 N–H and O–H groups in total. The Bertz CT molecular complexity index is 658. The number of rotatable bonds is 5. The Hall–Kier alpha value is -1.29. The van der Waals surface area contributed by atoms with Gasteiger partial charge >= 0.3 is 0 Å². The number of aryl methyl sites for hydroxylation is 2. The third kappa shape index (κ3) is 4.62. The zero-order valence-corrected chi connectivity index (χ0v) is 15.9. The second-order valence-electron chi connectivity index (χ2n) is 6.83. The molecule has 24 heavy (non-hydrogen) atoms. The fraction of sp³-hybridized carbons (Fsp3) is 0.429. The molecule has 2 nitrogen and oxygen atoms in total. The van der Waals surface area contributed by atoms with Gasteiger partial charge in [-0.05, 0) is 48.9 Å². The third-order valence-electron chi connectivity index (χ3n) is 4.92. The highest BCUT2D eigenvalue weighted by molar-refractivity contribution is 7.98. The first-order valence-electron chi connectivity index (χ1n) is 8.78. The van der Waals surface area contributed by atoms with Crippen molar-refractivity contribution in [3.05, 3.63) is 64.7 Å². The zero-order valence-electron chi connectivity index (χ0n) is 15.1. The summed E-state index contributed by atoms with van der Waals surface area (Å²) in [4.78, 5) is 6.51. The second-order valence-corrected chi connectivity index (χ2v) is 7.71. The van der Waals surface area contributed by atoms with Crippen molar-refractivity contribution in [2.75, 3.05) is 32.4 Å². The Balaban J connectivity index is 1.50.